The second-order valence-electron chi connectivity index (χ2n) is 3.65. The first-order valence-corrected chi connectivity index (χ1v) is 5.27. The van der Waals surface area contributed by atoms with Gasteiger partial charge in [0.05, 0.1) is 13.2 Å². The van der Waals surface area contributed by atoms with Gasteiger partial charge < -0.3 is 15.2 Å². The van der Waals surface area contributed by atoms with E-state index in [2.05, 4.69) is 4.98 Å². The van der Waals surface area contributed by atoms with Crippen LogP contribution in [0.1, 0.15) is 23.3 Å². The van der Waals surface area contributed by atoms with E-state index in [0.29, 0.717) is 19.1 Å². The van der Waals surface area contributed by atoms with Crippen molar-refractivity contribution in [2.75, 3.05) is 13.2 Å². The van der Waals surface area contributed by atoms with Crippen LogP contribution in [0.25, 0.3) is 0 Å². The predicted octanol–water partition coefficient (Wildman–Crippen LogP) is 0.738. The fraction of sp³-hybridized carbons (Fsp3) is 0.455. The van der Waals surface area contributed by atoms with Gasteiger partial charge >= 0.3 is 0 Å². The molecule has 2 N–H and O–H groups in total. The van der Waals surface area contributed by atoms with E-state index in [4.69, 9.17) is 15.2 Å². The van der Waals surface area contributed by atoms with E-state index in [1.54, 1.807) is 18.2 Å². The van der Waals surface area contributed by atoms with Gasteiger partial charge in [-0.3, -0.25) is 4.79 Å². The maximum Gasteiger partial charge on any atom is 0.267 e. The number of carbonyl (C=O) groups excluding carboxylic acids is 1. The van der Waals surface area contributed by atoms with Crippen LogP contribution in [0, 0.1) is 0 Å². The van der Waals surface area contributed by atoms with Gasteiger partial charge in [0.2, 0.25) is 5.88 Å². The van der Waals surface area contributed by atoms with Crippen molar-refractivity contribution in [2.45, 2.75) is 18.9 Å². The molecule has 5 heteroatoms. The lowest BCUT2D eigenvalue weighted by Gasteiger charge is -2.22. The number of amides is 1. The molecule has 86 valence electrons. The average Bonchev–Trinajstić information content (AvgIpc) is 2.30. The summed E-state index contributed by atoms with van der Waals surface area (Å²) in [4.78, 5) is 15.0. The summed E-state index contributed by atoms with van der Waals surface area (Å²) < 4.78 is 10.9. The number of carbonyl (C=O) groups is 1. The molecule has 0 unspecified atom stereocenters. The zero-order valence-electron chi connectivity index (χ0n) is 8.89. The van der Waals surface area contributed by atoms with Crippen LogP contribution in [0.3, 0.4) is 0 Å². The smallest absolute Gasteiger partial charge is 0.267 e. The number of aromatic nitrogens is 1. The van der Waals surface area contributed by atoms with Crippen LogP contribution in [0.5, 0.6) is 5.88 Å². The molecule has 0 saturated carbocycles. The Morgan fingerprint density at radius 1 is 1.44 bits per heavy atom. The maximum absolute atomic E-state index is 10.9. The van der Waals surface area contributed by atoms with Crippen molar-refractivity contribution in [3.63, 3.8) is 0 Å². The summed E-state index contributed by atoms with van der Waals surface area (Å²) in [5, 5.41) is 0. The average molecular weight is 222 g/mol. The Morgan fingerprint density at radius 2 is 2.19 bits per heavy atom. The summed E-state index contributed by atoms with van der Waals surface area (Å²) in [6.45, 7) is 1.42. The summed E-state index contributed by atoms with van der Waals surface area (Å²) in [6.07, 6.45) is 1.81. The van der Waals surface area contributed by atoms with Gasteiger partial charge in [-0.1, -0.05) is 6.07 Å². The Morgan fingerprint density at radius 3 is 2.88 bits per heavy atom. The molecule has 5 nitrogen and oxygen atoms in total. The molecule has 1 saturated heterocycles. The van der Waals surface area contributed by atoms with E-state index < -0.39 is 5.91 Å². The predicted molar refractivity (Wildman–Crippen MR) is 57.2 cm³/mol. The molecule has 1 fully saturated rings. The van der Waals surface area contributed by atoms with Crippen molar-refractivity contribution < 1.29 is 14.3 Å². The molecule has 2 heterocycles. The van der Waals surface area contributed by atoms with Crippen molar-refractivity contribution in [3.05, 3.63) is 23.9 Å². The van der Waals surface area contributed by atoms with Crippen LogP contribution in [0.15, 0.2) is 18.2 Å². The van der Waals surface area contributed by atoms with Crippen LogP contribution in [-0.2, 0) is 4.74 Å². The number of pyridine rings is 1. The van der Waals surface area contributed by atoms with Crippen molar-refractivity contribution in [3.8, 4) is 5.88 Å². The molecule has 0 bridgehead atoms. The lowest BCUT2D eigenvalue weighted by Crippen LogP contribution is -2.26. The number of nitrogens with zero attached hydrogens (tertiary/aromatic N) is 1. The fourth-order valence-electron chi connectivity index (χ4n) is 1.58. The molecular formula is C11H14N2O3. The quantitative estimate of drug-likeness (QED) is 0.818. The monoisotopic (exact) mass is 222 g/mol. The van der Waals surface area contributed by atoms with Crippen molar-refractivity contribution in [1.82, 2.24) is 4.98 Å². The Hall–Kier alpha value is -1.62. The highest BCUT2D eigenvalue weighted by Gasteiger charge is 2.16. The minimum atomic E-state index is -0.544. The van der Waals surface area contributed by atoms with Gasteiger partial charge in [-0.25, -0.2) is 4.98 Å². The summed E-state index contributed by atoms with van der Waals surface area (Å²) in [7, 11) is 0. The lowest BCUT2D eigenvalue weighted by molar-refractivity contribution is 0.0236. The van der Waals surface area contributed by atoms with Crippen LogP contribution in [-0.4, -0.2) is 30.2 Å². The highest BCUT2D eigenvalue weighted by Crippen LogP contribution is 2.15. The fourth-order valence-corrected chi connectivity index (χ4v) is 1.58. The van der Waals surface area contributed by atoms with Crippen LogP contribution >= 0.6 is 0 Å². The molecule has 0 aromatic carbocycles. The molecule has 0 aliphatic carbocycles. The summed E-state index contributed by atoms with van der Waals surface area (Å²) in [5.74, 6) is -0.0966. The van der Waals surface area contributed by atoms with Gasteiger partial charge in [0.25, 0.3) is 5.91 Å². The van der Waals surface area contributed by atoms with Crippen molar-refractivity contribution in [2.24, 2.45) is 5.73 Å². The molecule has 2 rings (SSSR count). The molecule has 1 aliphatic rings. The topological polar surface area (TPSA) is 74.4 Å². The van der Waals surface area contributed by atoms with Gasteiger partial charge in [-0.15, -0.1) is 0 Å². The van der Waals surface area contributed by atoms with E-state index in [1.807, 2.05) is 0 Å². The zero-order valence-corrected chi connectivity index (χ0v) is 8.89. The molecular weight excluding hydrogens is 208 g/mol. The molecule has 0 spiro atoms. The molecule has 16 heavy (non-hydrogen) atoms. The largest absolute Gasteiger partial charge is 0.474 e. The van der Waals surface area contributed by atoms with E-state index in [0.717, 1.165) is 12.8 Å². The lowest BCUT2D eigenvalue weighted by atomic mass is 10.1. The highest BCUT2D eigenvalue weighted by molar-refractivity contribution is 5.90. The third kappa shape index (κ3) is 2.70. The minimum absolute atomic E-state index is 0.115. The van der Waals surface area contributed by atoms with Crippen molar-refractivity contribution >= 4 is 5.91 Å². The normalized spacial score (nSPS) is 17.0. The number of nitrogens with two attached hydrogens (primary N) is 1. The van der Waals surface area contributed by atoms with Gasteiger partial charge in [0, 0.05) is 18.9 Å². The molecule has 1 aliphatic heterocycles. The van der Waals surface area contributed by atoms with Crippen LogP contribution in [0.2, 0.25) is 0 Å². The van der Waals surface area contributed by atoms with E-state index in [1.165, 1.54) is 0 Å². The molecule has 1 aromatic heterocycles. The summed E-state index contributed by atoms with van der Waals surface area (Å²) in [6, 6.07) is 5.00. The molecule has 0 atom stereocenters. The van der Waals surface area contributed by atoms with Crippen LogP contribution in [0.4, 0.5) is 0 Å². The Labute approximate surface area is 93.6 Å². The second-order valence-corrected chi connectivity index (χ2v) is 3.65. The third-order valence-electron chi connectivity index (χ3n) is 2.43. The van der Waals surface area contributed by atoms with E-state index in [9.17, 15) is 4.79 Å². The molecule has 0 radical (unpaired) electrons. The second kappa shape index (κ2) is 4.94. The van der Waals surface area contributed by atoms with Crippen molar-refractivity contribution in [1.29, 1.82) is 0 Å². The highest BCUT2D eigenvalue weighted by atomic mass is 16.5. The van der Waals surface area contributed by atoms with Gasteiger partial charge in [-0.05, 0) is 6.07 Å². The third-order valence-corrected chi connectivity index (χ3v) is 2.43. The Bertz CT molecular complexity index is 375. The first-order valence-electron chi connectivity index (χ1n) is 5.27. The summed E-state index contributed by atoms with van der Waals surface area (Å²) >= 11 is 0. The first kappa shape index (κ1) is 10.9. The number of ether oxygens (including phenoxy) is 2. The summed E-state index contributed by atoms with van der Waals surface area (Å²) in [5.41, 5.74) is 5.37. The first-order chi connectivity index (χ1) is 7.75. The van der Waals surface area contributed by atoms with Gasteiger partial charge in [0.15, 0.2) is 0 Å². The van der Waals surface area contributed by atoms with E-state index in [-0.39, 0.29) is 11.8 Å². The Balaban J connectivity index is 2.02. The van der Waals surface area contributed by atoms with Gasteiger partial charge in [-0.2, -0.15) is 0 Å². The van der Waals surface area contributed by atoms with E-state index >= 15 is 0 Å². The number of hydrogen-bond donors (Lipinski definition) is 1. The Kier molecular flexibility index (Phi) is 3.36. The van der Waals surface area contributed by atoms with Crippen LogP contribution < -0.4 is 10.5 Å². The molecule has 1 amide bonds. The maximum atomic E-state index is 10.9. The zero-order chi connectivity index (χ0) is 11.4. The minimum Gasteiger partial charge on any atom is -0.474 e. The van der Waals surface area contributed by atoms with Gasteiger partial charge in [0.1, 0.15) is 11.8 Å². The SMILES string of the molecule is NC(=O)c1cccc(OC2CCOCC2)n1. The number of primary amides is 1. The molecule has 1 aromatic rings. The number of hydrogen-bond acceptors (Lipinski definition) is 4. The number of rotatable bonds is 3. The standard InChI is InChI=1S/C11H14N2O3/c12-11(14)9-2-1-3-10(13-9)16-8-4-6-15-7-5-8/h1-3,8H,4-7H2,(H2,12,14).